The summed E-state index contributed by atoms with van der Waals surface area (Å²) in [4.78, 5) is 12.3. The molecule has 2 aliphatic rings. The predicted octanol–water partition coefficient (Wildman–Crippen LogP) is 3.20. The molecule has 0 amide bonds. The highest BCUT2D eigenvalue weighted by Crippen LogP contribution is 2.51. The van der Waals surface area contributed by atoms with Crippen LogP contribution in [0.15, 0.2) is 0 Å². The van der Waals surface area contributed by atoms with Crippen LogP contribution in [0.25, 0.3) is 0 Å². The quantitative estimate of drug-likeness (QED) is 0.720. The Morgan fingerprint density at radius 2 is 2.12 bits per heavy atom. The van der Waals surface area contributed by atoms with Gasteiger partial charge in [0.05, 0.1) is 11.5 Å². The van der Waals surface area contributed by atoms with Crippen molar-refractivity contribution in [2.45, 2.75) is 58.5 Å². The summed E-state index contributed by atoms with van der Waals surface area (Å²) in [5, 5.41) is 0. The van der Waals surface area contributed by atoms with Gasteiger partial charge >= 0.3 is 0 Å². The van der Waals surface area contributed by atoms with E-state index in [1.807, 2.05) is 0 Å². The third kappa shape index (κ3) is 1.81. The van der Waals surface area contributed by atoms with E-state index in [0.29, 0.717) is 17.6 Å². The number of rotatable bonds is 2. The standard InChI is InChI=1S/C14H24O2/c1-10(2)11-6-7-12(15)14(9-11)8-4-5-13(14)16-3/h10-11,13H,4-9H2,1-3H3/t11-,13-,14+/m1/s1. The molecule has 2 rings (SSSR count). The first-order valence-corrected chi connectivity index (χ1v) is 6.66. The summed E-state index contributed by atoms with van der Waals surface area (Å²) in [6.07, 6.45) is 6.44. The van der Waals surface area contributed by atoms with Crippen molar-refractivity contribution in [3.05, 3.63) is 0 Å². The fourth-order valence-corrected chi connectivity index (χ4v) is 3.75. The van der Waals surface area contributed by atoms with Crippen LogP contribution in [0, 0.1) is 17.3 Å². The van der Waals surface area contributed by atoms with E-state index in [0.717, 1.165) is 38.5 Å². The zero-order valence-electron chi connectivity index (χ0n) is 10.8. The van der Waals surface area contributed by atoms with Gasteiger partial charge in [0.25, 0.3) is 0 Å². The number of hydrogen-bond donors (Lipinski definition) is 0. The summed E-state index contributed by atoms with van der Waals surface area (Å²) < 4.78 is 5.58. The van der Waals surface area contributed by atoms with Gasteiger partial charge in [0, 0.05) is 13.5 Å². The molecule has 0 aromatic heterocycles. The molecule has 2 aliphatic carbocycles. The number of carbonyl (C=O) groups is 1. The van der Waals surface area contributed by atoms with Crippen molar-refractivity contribution in [2.24, 2.45) is 17.3 Å². The average Bonchev–Trinajstić information content (AvgIpc) is 2.66. The molecule has 2 saturated carbocycles. The number of ether oxygens (including phenoxy) is 1. The van der Waals surface area contributed by atoms with E-state index in [-0.39, 0.29) is 11.5 Å². The van der Waals surface area contributed by atoms with Gasteiger partial charge in [0.2, 0.25) is 0 Å². The zero-order valence-corrected chi connectivity index (χ0v) is 10.8. The molecule has 0 N–H and O–H groups in total. The number of methoxy groups -OCH3 is 1. The van der Waals surface area contributed by atoms with Crippen LogP contribution in [-0.4, -0.2) is 19.0 Å². The normalized spacial score (nSPS) is 39.9. The van der Waals surface area contributed by atoms with Crippen molar-refractivity contribution in [3.8, 4) is 0 Å². The van der Waals surface area contributed by atoms with Crippen LogP contribution in [0.5, 0.6) is 0 Å². The van der Waals surface area contributed by atoms with E-state index in [4.69, 9.17) is 4.74 Å². The van der Waals surface area contributed by atoms with Crippen molar-refractivity contribution in [1.29, 1.82) is 0 Å². The Hall–Kier alpha value is -0.370. The van der Waals surface area contributed by atoms with Crippen LogP contribution in [0.4, 0.5) is 0 Å². The number of carbonyl (C=O) groups excluding carboxylic acids is 1. The van der Waals surface area contributed by atoms with Crippen molar-refractivity contribution < 1.29 is 9.53 Å². The molecule has 0 aromatic carbocycles. The molecule has 1 spiro atoms. The highest BCUT2D eigenvalue weighted by Gasteiger charge is 2.51. The van der Waals surface area contributed by atoms with Crippen molar-refractivity contribution in [1.82, 2.24) is 0 Å². The predicted molar refractivity (Wildman–Crippen MR) is 64.3 cm³/mol. The van der Waals surface area contributed by atoms with Crippen LogP contribution in [0.1, 0.15) is 52.4 Å². The van der Waals surface area contributed by atoms with Gasteiger partial charge in [0.15, 0.2) is 0 Å². The summed E-state index contributed by atoms with van der Waals surface area (Å²) in [5.41, 5.74) is -0.109. The van der Waals surface area contributed by atoms with E-state index in [1.165, 1.54) is 0 Å². The highest BCUT2D eigenvalue weighted by molar-refractivity contribution is 5.86. The Labute approximate surface area is 98.7 Å². The SMILES string of the molecule is CO[C@@H]1CCC[C@@]12C[C@H](C(C)C)CCC2=O. The molecule has 0 bridgehead atoms. The molecule has 92 valence electrons. The van der Waals surface area contributed by atoms with Crippen LogP contribution >= 0.6 is 0 Å². The molecular weight excluding hydrogens is 200 g/mol. The molecule has 2 fully saturated rings. The maximum absolute atomic E-state index is 12.3. The zero-order chi connectivity index (χ0) is 11.8. The van der Waals surface area contributed by atoms with Gasteiger partial charge in [-0.25, -0.2) is 0 Å². The smallest absolute Gasteiger partial charge is 0.141 e. The summed E-state index contributed by atoms with van der Waals surface area (Å²) in [7, 11) is 1.77. The van der Waals surface area contributed by atoms with E-state index < -0.39 is 0 Å². The van der Waals surface area contributed by atoms with Crippen LogP contribution in [0.3, 0.4) is 0 Å². The summed E-state index contributed by atoms with van der Waals surface area (Å²) in [6, 6.07) is 0. The maximum atomic E-state index is 12.3. The Kier molecular flexibility index (Phi) is 3.39. The Bertz CT molecular complexity index is 272. The van der Waals surface area contributed by atoms with Crippen LogP contribution in [0.2, 0.25) is 0 Å². The molecule has 2 heteroatoms. The second-order valence-electron chi connectivity index (χ2n) is 5.94. The second-order valence-corrected chi connectivity index (χ2v) is 5.94. The molecule has 0 radical (unpaired) electrons. The number of Topliss-reactive ketones (excluding diaryl/α,β-unsaturated/α-hetero) is 1. The van der Waals surface area contributed by atoms with E-state index in [1.54, 1.807) is 7.11 Å². The molecule has 16 heavy (non-hydrogen) atoms. The Morgan fingerprint density at radius 1 is 1.38 bits per heavy atom. The maximum Gasteiger partial charge on any atom is 0.141 e. The van der Waals surface area contributed by atoms with Gasteiger partial charge in [0.1, 0.15) is 5.78 Å². The van der Waals surface area contributed by atoms with Gasteiger partial charge in [-0.15, -0.1) is 0 Å². The largest absolute Gasteiger partial charge is 0.380 e. The summed E-state index contributed by atoms with van der Waals surface area (Å²) >= 11 is 0. The van der Waals surface area contributed by atoms with Crippen molar-refractivity contribution >= 4 is 5.78 Å². The first kappa shape index (κ1) is 12.1. The lowest BCUT2D eigenvalue weighted by Crippen LogP contribution is -2.45. The molecular formula is C14H24O2. The monoisotopic (exact) mass is 224 g/mol. The summed E-state index contributed by atoms with van der Waals surface area (Å²) in [5.74, 6) is 1.89. The Morgan fingerprint density at radius 3 is 2.75 bits per heavy atom. The lowest BCUT2D eigenvalue weighted by atomic mass is 9.64. The third-order valence-electron chi connectivity index (χ3n) is 4.86. The molecule has 3 atom stereocenters. The number of hydrogen-bond acceptors (Lipinski definition) is 2. The van der Waals surface area contributed by atoms with Gasteiger partial charge in [-0.3, -0.25) is 4.79 Å². The molecule has 2 nitrogen and oxygen atoms in total. The van der Waals surface area contributed by atoms with Gasteiger partial charge in [-0.1, -0.05) is 13.8 Å². The lowest BCUT2D eigenvalue weighted by Gasteiger charge is -2.41. The molecule has 0 saturated heterocycles. The van der Waals surface area contributed by atoms with E-state index in [2.05, 4.69) is 13.8 Å². The molecule has 0 aromatic rings. The second kappa shape index (κ2) is 4.48. The minimum Gasteiger partial charge on any atom is -0.380 e. The minimum atomic E-state index is -0.109. The molecule has 0 heterocycles. The fraction of sp³-hybridized carbons (Fsp3) is 0.929. The topological polar surface area (TPSA) is 26.3 Å². The van der Waals surface area contributed by atoms with Gasteiger partial charge < -0.3 is 4.74 Å². The molecule has 0 aliphatic heterocycles. The van der Waals surface area contributed by atoms with E-state index in [9.17, 15) is 4.79 Å². The van der Waals surface area contributed by atoms with E-state index >= 15 is 0 Å². The van der Waals surface area contributed by atoms with Crippen LogP contribution in [-0.2, 0) is 9.53 Å². The van der Waals surface area contributed by atoms with Gasteiger partial charge in [-0.05, 0) is 43.9 Å². The lowest BCUT2D eigenvalue weighted by molar-refractivity contribution is -0.141. The first-order chi connectivity index (χ1) is 7.60. The van der Waals surface area contributed by atoms with Crippen molar-refractivity contribution in [2.75, 3.05) is 7.11 Å². The summed E-state index contributed by atoms with van der Waals surface area (Å²) in [6.45, 7) is 4.57. The number of ketones is 1. The third-order valence-corrected chi connectivity index (χ3v) is 4.86. The molecule has 0 unspecified atom stereocenters. The van der Waals surface area contributed by atoms with Crippen LogP contribution < -0.4 is 0 Å². The first-order valence-electron chi connectivity index (χ1n) is 6.66. The Balaban J connectivity index is 2.19. The minimum absolute atomic E-state index is 0.109. The average molecular weight is 224 g/mol. The highest BCUT2D eigenvalue weighted by atomic mass is 16.5. The fourth-order valence-electron chi connectivity index (χ4n) is 3.75. The van der Waals surface area contributed by atoms with Gasteiger partial charge in [-0.2, -0.15) is 0 Å². The van der Waals surface area contributed by atoms with Crippen molar-refractivity contribution in [3.63, 3.8) is 0 Å².